The summed E-state index contributed by atoms with van der Waals surface area (Å²) in [5, 5.41) is 12.0. The molecule has 0 aliphatic heterocycles. The summed E-state index contributed by atoms with van der Waals surface area (Å²) in [7, 11) is 0. The van der Waals surface area contributed by atoms with Gasteiger partial charge in [-0.1, -0.05) is 31.9 Å². The van der Waals surface area contributed by atoms with Crippen LogP contribution in [0.2, 0.25) is 0 Å². The molecule has 5 nitrogen and oxygen atoms in total. The molecule has 7 heteroatoms. The minimum atomic E-state index is 0.647. The van der Waals surface area contributed by atoms with E-state index in [9.17, 15) is 0 Å². The number of tetrazole rings is 1. The van der Waals surface area contributed by atoms with E-state index in [1.165, 1.54) is 0 Å². The molecule has 0 amide bonds. The summed E-state index contributed by atoms with van der Waals surface area (Å²) in [5.74, 6) is 0.647. The summed E-state index contributed by atoms with van der Waals surface area (Å²) in [5.41, 5.74) is 9.40. The van der Waals surface area contributed by atoms with E-state index in [-0.39, 0.29) is 0 Å². The highest BCUT2D eigenvalue weighted by Gasteiger charge is 2.13. The first-order valence-electron chi connectivity index (χ1n) is 6.16. The Morgan fingerprint density at radius 1 is 1.05 bits per heavy atom. The molecule has 0 spiro atoms. The molecule has 0 atom stereocenters. The molecule has 0 unspecified atom stereocenters. The lowest BCUT2D eigenvalue weighted by Gasteiger charge is -2.09. The summed E-state index contributed by atoms with van der Waals surface area (Å²) in [6, 6.07) is 11.6. The SMILES string of the molecule is Cc1cc(Br)ccc1-n1nnnc1-c1cc(N)cc(Br)c1. The maximum Gasteiger partial charge on any atom is 0.187 e. The standard InChI is InChI=1S/C14H11Br2N5/c1-8-4-10(15)2-3-13(8)21-14(18-19-20-21)9-5-11(16)7-12(17)6-9/h2-7H,17H2,1H3. The Bertz CT molecular complexity index is 793. The predicted molar refractivity (Wildman–Crippen MR) is 89.1 cm³/mol. The molecule has 2 N–H and O–H groups in total. The fraction of sp³-hybridized carbons (Fsp3) is 0.0714. The number of rotatable bonds is 2. The lowest BCUT2D eigenvalue weighted by Crippen LogP contribution is -2.02. The van der Waals surface area contributed by atoms with Crippen LogP contribution < -0.4 is 5.73 Å². The van der Waals surface area contributed by atoms with E-state index < -0.39 is 0 Å². The van der Waals surface area contributed by atoms with Gasteiger partial charge in [-0.25, -0.2) is 0 Å². The molecule has 0 radical (unpaired) electrons. The molecule has 0 aliphatic rings. The Hall–Kier alpha value is -1.73. The average Bonchev–Trinajstić information content (AvgIpc) is 2.86. The largest absolute Gasteiger partial charge is 0.399 e. The second-order valence-corrected chi connectivity index (χ2v) is 6.45. The summed E-state index contributed by atoms with van der Waals surface area (Å²) in [6.45, 7) is 2.01. The number of aryl methyl sites for hydroxylation is 1. The highest BCUT2D eigenvalue weighted by Crippen LogP contribution is 2.27. The number of hydrogen-bond donors (Lipinski definition) is 1. The topological polar surface area (TPSA) is 69.6 Å². The predicted octanol–water partition coefficient (Wildman–Crippen LogP) is 3.74. The van der Waals surface area contributed by atoms with Crippen LogP contribution >= 0.6 is 31.9 Å². The van der Waals surface area contributed by atoms with Gasteiger partial charge >= 0.3 is 0 Å². The highest BCUT2D eigenvalue weighted by atomic mass is 79.9. The molecule has 0 saturated heterocycles. The van der Waals surface area contributed by atoms with Crippen LogP contribution in [0.25, 0.3) is 17.1 Å². The van der Waals surface area contributed by atoms with Gasteiger partial charge in [0.1, 0.15) is 0 Å². The molecule has 0 saturated carbocycles. The van der Waals surface area contributed by atoms with Crippen molar-refractivity contribution in [2.75, 3.05) is 5.73 Å². The fourth-order valence-corrected chi connectivity index (χ4v) is 3.11. The van der Waals surface area contributed by atoms with Gasteiger partial charge in [0, 0.05) is 20.2 Å². The molecule has 3 rings (SSSR count). The van der Waals surface area contributed by atoms with E-state index in [0.29, 0.717) is 11.5 Å². The van der Waals surface area contributed by atoms with Crippen molar-refractivity contribution < 1.29 is 0 Å². The molecular weight excluding hydrogens is 398 g/mol. The van der Waals surface area contributed by atoms with Crippen LogP contribution in [-0.4, -0.2) is 20.2 Å². The lowest BCUT2D eigenvalue weighted by atomic mass is 10.1. The van der Waals surface area contributed by atoms with Gasteiger partial charge in [-0.2, -0.15) is 4.68 Å². The first-order valence-corrected chi connectivity index (χ1v) is 7.74. The third-order valence-electron chi connectivity index (χ3n) is 3.03. The maximum absolute atomic E-state index is 5.89. The van der Waals surface area contributed by atoms with Crippen LogP contribution in [0.5, 0.6) is 0 Å². The van der Waals surface area contributed by atoms with Crippen molar-refractivity contribution >= 4 is 37.5 Å². The molecule has 0 fully saturated rings. The zero-order valence-electron chi connectivity index (χ0n) is 11.1. The molecule has 21 heavy (non-hydrogen) atoms. The van der Waals surface area contributed by atoms with Gasteiger partial charge in [0.05, 0.1) is 5.69 Å². The van der Waals surface area contributed by atoms with Crippen molar-refractivity contribution in [2.24, 2.45) is 0 Å². The second kappa shape index (κ2) is 5.57. The van der Waals surface area contributed by atoms with Crippen LogP contribution in [0.3, 0.4) is 0 Å². The van der Waals surface area contributed by atoms with Crippen LogP contribution in [0.15, 0.2) is 45.3 Å². The molecular formula is C14H11Br2N5. The van der Waals surface area contributed by atoms with Gasteiger partial charge in [0.25, 0.3) is 0 Å². The van der Waals surface area contributed by atoms with Crippen LogP contribution in [0.4, 0.5) is 5.69 Å². The molecule has 106 valence electrons. The quantitative estimate of drug-likeness (QED) is 0.655. The van der Waals surface area contributed by atoms with E-state index in [0.717, 1.165) is 25.8 Å². The van der Waals surface area contributed by atoms with E-state index in [1.807, 2.05) is 43.3 Å². The molecule has 3 aromatic rings. The number of halogens is 2. The highest BCUT2D eigenvalue weighted by molar-refractivity contribution is 9.10. The van der Waals surface area contributed by atoms with E-state index >= 15 is 0 Å². The lowest BCUT2D eigenvalue weighted by molar-refractivity contribution is 0.787. The van der Waals surface area contributed by atoms with Gasteiger partial charge < -0.3 is 5.73 Å². The Kier molecular flexibility index (Phi) is 3.77. The Balaban J connectivity index is 2.17. The summed E-state index contributed by atoms with van der Waals surface area (Å²) in [6.07, 6.45) is 0. The van der Waals surface area contributed by atoms with Crippen molar-refractivity contribution in [3.8, 4) is 17.1 Å². The monoisotopic (exact) mass is 407 g/mol. The normalized spacial score (nSPS) is 10.8. The summed E-state index contributed by atoms with van der Waals surface area (Å²) < 4.78 is 3.62. The minimum Gasteiger partial charge on any atom is -0.399 e. The fourth-order valence-electron chi connectivity index (χ4n) is 2.13. The third kappa shape index (κ3) is 2.84. The van der Waals surface area contributed by atoms with Crippen molar-refractivity contribution in [3.05, 3.63) is 50.9 Å². The van der Waals surface area contributed by atoms with Crippen molar-refractivity contribution in [1.29, 1.82) is 0 Å². The number of anilines is 1. The van der Waals surface area contributed by atoms with Crippen molar-refractivity contribution in [2.45, 2.75) is 6.92 Å². The van der Waals surface area contributed by atoms with Crippen LogP contribution in [0, 0.1) is 6.92 Å². The Morgan fingerprint density at radius 3 is 2.57 bits per heavy atom. The minimum absolute atomic E-state index is 0.647. The smallest absolute Gasteiger partial charge is 0.187 e. The number of nitrogens with zero attached hydrogens (tertiary/aromatic N) is 4. The van der Waals surface area contributed by atoms with Gasteiger partial charge in [-0.05, 0) is 59.3 Å². The number of aromatic nitrogens is 4. The van der Waals surface area contributed by atoms with Gasteiger partial charge in [0.2, 0.25) is 0 Å². The van der Waals surface area contributed by atoms with E-state index in [1.54, 1.807) is 4.68 Å². The van der Waals surface area contributed by atoms with Gasteiger partial charge in [0.15, 0.2) is 5.82 Å². The third-order valence-corrected chi connectivity index (χ3v) is 3.99. The van der Waals surface area contributed by atoms with Crippen LogP contribution in [0.1, 0.15) is 5.56 Å². The van der Waals surface area contributed by atoms with Crippen molar-refractivity contribution in [1.82, 2.24) is 20.2 Å². The number of nitrogens with two attached hydrogens (primary N) is 1. The number of nitrogen functional groups attached to an aromatic ring is 1. The van der Waals surface area contributed by atoms with E-state index in [2.05, 4.69) is 47.4 Å². The average molecular weight is 409 g/mol. The molecule has 1 aromatic heterocycles. The summed E-state index contributed by atoms with van der Waals surface area (Å²) >= 11 is 6.90. The van der Waals surface area contributed by atoms with Gasteiger partial charge in [-0.15, -0.1) is 5.10 Å². The number of hydrogen-bond acceptors (Lipinski definition) is 4. The van der Waals surface area contributed by atoms with Crippen molar-refractivity contribution in [3.63, 3.8) is 0 Å². The first kappa shape index (κ1) is 14.2. The zero-order chi connectivity index (χ0) is 15.0. The Labute approximate surface area is 138 Å². The molecule has 1 heterocycles. The zero-order valence-corrected chi connectivity index (χ0v) is 14.3. The summed E-state index contributed by atoms with van der Waals surface area (Å²) in [4.78, 5) is 0. The molecule has 2 aromatic carbocycles. The second-order valence-electron chi connectivity index (χ2n) is 4.62. The maximum atomic E-state index is 5.89. The van der Waals surface area contributed by atoms with E-state index in [4.69, 9.17) is 5.73 Å². The Morgan fingerprint density at radius 2 is 1.86 bits per heavy atom. The van der Waals surface area contributed by atoms with Crippen LogP contribution in [-0.2, 0) is 0 Å². The first-order chi connectivity index (χ1) is 10.0. The molecule has 0 aliphatic carbocycles. The van der Waals surface area contributed by atoms with Gasteiger partial charge in [-0.3, -0.25) is 0 Å². The number of benzene rings is 2. The molecule has 0 bridgehead atoms.